The maximum atomic E-state index is 2.47. The molecule has 0 N–H and O–H groups in total. The van der Waals surface area contributed by atoms with E-state index in [-0.39, 0.29) is 0 Å². The number of nitrogens with zero attached hydrogens (tertiary/aromatic N) is 4. The zero-order valence-electron chi connectivity index (χ0n) is 51.4. The molecule has 0 spiro atoms. The van der Waals surface area contributed by atoms with Gasteiger partial charge in [0.25, 0.3) is 0 Å². The van der Waals surface area contributed by atoms with Crippen LogP contribution in [-0.2, 0) is 0 Å². The highest BCUT2D eigenvalue weighted by molar-refractivity contribution is 14.1. The lowest BCUT2D eigenvalue weighted by Crippen LogP contribution is -1.93. The maximum absolute atomic E-state index is 2.47. The van der Waals surface area contributed by atoms with Crippen LogP contribution in [0.3, 0.4) is 0 Å². The first-order chi connectivity index (χ1) is 47.0. The van der Waals surface area contributed by atoms with Crippen molar-refractivity contribution in [3.63, 3.8) is 0 Å². The third-order valence-electron chi connectivity index (χ3n) is 20.3. The number of para-hydroxylation sites is 3. The van der Waals surface area contributed by atoms with Crippen LogP contribution in [0.5, 0.6) is 0 Å². The first kappa shape index (κ1) is 53.8. The number of aromatic nitrogens is 4. The van der Waals surface area contributed by atoms with Gasteiger partial charge in [-0.25, -0.2) is 0 Å². The molecule has 24 bridgehead atoms. The van der Waals surface area contributed by atoms with Crippen molar-refractivity contribution in [1.29, 1.82) is 0 Å². The molecular formula is C90H55IN4. The van der Waals surface area contributed by atoms with Crippen LogP contribution in [0.15, 0.2) is 334 Å². The summed E-state index contributed by atoms with van der Waals surface area (Å²) in [6.07, 6.45) is 0. The topological polar surface area (TPSA) is 19.7 Å². The van der Waals surface area contributed by atoms with E-state index in [0.29, 0.717) is 0 Å². The molecule has 7 aliphatic rings. The molecule has 7 aliphatic carbocycles. The number of benzene rings is 15. The summed E-state index contributed by atoms with van der Waals surface area (Å²) in [5, 5.41) is 9.81. The molecule has 0 unspecified atom stereocenters. The third-order valence-corrected chi connectivity index (χ3v) is 21.3. The van der Waals surface area contributed by atoms with Crippen LogP contribution in [0, 0.1) is 0 Å². The molecule has 95 heavy (non-hydrogen) atoms. The SMILES string of the molecule is In1c2ccc3cc2c2cc(ccc21)-c1ccc(cc1)-c1ccc2c(c1)c1cc(ccc1n2-c1ccccc1)-c1ccc(cc1)-c1ccc2c(c1)c1cc(ccc1n2-c1ccccc1)-c1ccc(cc1)-c1ccc2c(c1)c1cc(ccc1n2-c1ccccc1)-c1ccc-3cc1. The Morgan fingerprint density at radius 1 is 0.147 bits per heavy atom. The molecule has 0 aliphatic heterocycles. The van der Waals surface area contributed by atoms with Crippen molar-refractivity contribution in [3.8, 4) is 106 Å². The summed E-state index contributed by atoms with van der Waals surface area (Å²) in [6.45, 7) is 0. The molecule has 4 aromatic heterocycles. The molecule has 26 rings (SSSR count). The van der Waals surface area contributed by atoms with Gasteiger partial charge in [-0.2, -0.15) is 0 Å². The van der Waals surface area contributed by atoms with Gasteiger partial charge in [0.15, 0.2) is 0 Å². The molecule has 0 radical (unpaired) electrons. The van der Waals surface area contributed by atoms with E-state index in [0.717, 1.165) is 17.1 Å². The van der Waals surface area contributed by atoms with Gasteiger partial charge in [0.05, 0.1) is 67.0 Å². The van der Waals surface area contributed by atoms with Crippen LogP contribution in [0.2, 0.25) is 0 Å². The lowest BCUT2D eigenvalue weighted by Gasteiger charge is -2.10. The zero-order chi connectivity index (χ0) is 62.4. The van der Waals surface area contributed by atoms with Gasteiger partial charge in [-0.05, 0) is 222 Å². The van der Waals surface area contributed by atoms with Gasteiger partial charge in [-0.1, -0.05) is 200 Å². The Balaban J connectivity index is 0.754. The first-order valence-corrected chi connectivity index (χ1v) is 33.5. The van der Waals surface area contributed by atoms with E-state index in [9.17, 15) is 0 Å². The number of hydrogen-bond donors (Lipinski definition) is 0. The molecule has 5 heteroatoms. The molecule has 0 amide bonds. The van der Waals surface area contributed by atoms with Gasteiger partial charge >= 0.3 is 0 Å². The van der Waals surface area contributed by atoms with Crippen molar-refractivity contribution in [2.75, 3.05) is 0 Å². The highest BCUT2D eigenvalue weighted by atomic mass is 127. The summed E-state index contributed by atoms with van der Waals surface area (Å²) >= 11 is 2.47. The van der Waals surface area contributed by atoms with Gasteiger partial charge in [-0.3, -0.25) is 2.78 Å². The van der Waals surface area contributed by atoms with Crippen LogP contribution in [0.4, 0.5) is 0 Å². The second-order valence-corrected chi connectivity index (χ2v) is 26.4. The highest BCUT2D eigenvalue weighted by Crippen LogP contribution is 2.44. The Morgan fingerprint density at radius 3 is 0.474 bits per heavy atom. The molecule has 442 valence electrons. The molecule has 0 saturated carbocycles. The van der Waals surface area contributed by atoms with Crippen LogP contribution in [0.1, 0.15) is 0 Å². The minimum absolute atomic E-state index is 1.14. The first-order valence-electron chi connectivity index (χ1n) is 32.6. The molecule has 0 fully saturated rings. The third kappa shape index (κ3) is 8.59. The second-order valence-electron chi connectivity index (χ2n) is 25.5. The minimum atomic E-state index is 1.14. The van der Waals surface area contributed by atoms with Crippen LogP contribution >= 0.6 is 22.9 Å². The van der Waals surface area contributed by atoms with E-state index in [4.69, 9.17) is 0 Å². The summed E-state index contributed by atoms with van der Waals surface area (Å²) < 4.78 is 9.54. The lowest BCUT2D eigenvalue weighted by atomic mass is 9.96. The monoisotopic (exact) mass is 1320 g/mol. The summed E-state index contributed by atoms with van der Waals surface area (Å²) in [6, 6.07) is 125. The summed E-state index contributed by atoms with van der Waals surface area (Å²) in [7, 11) is 0. The van der Waals surface area contributed by atoms with E-state index >= 15 is 0 Å². The Kier molecular flexibility index (Phi) is 12.0. The normalized spacial score (nSPS) is 12.1. The van der Waals surface area contributed by atoms with Crippen molar-refractivity contribution in [3.05, 3.63) is 334 Å². The Morgan fingerprint density at radius 2 is 0.295 bits per heavy atom. The van der Waals surface area contributed by atoms with Gasteiger partial charge < -0.3 is 13.7 Å². The minimum Gasteiger partial charge on any atom is -0.309 e. The smallest absolute Gasteiger partial charge is 0.0646 e. The predicted octanol–water partition coefficient (Wildman–Crippen LogP) is 24.9. The molecule has 4 nitrogen and oxygen atoms in total. The molecule has 4 heterocycles. The number of rotatable bonds is 3. The fourth-order valence-corrected chi connectivity index (χ4v) is 16.3. The summed E-state index contributed by atoms with van der Waals surface area (Å²) in [5.41, 5.74) is 31.8. The Hall–Kier alpha value is -11.8. The van der Waals surface area contributed by atoms with E-state index in [1.165, 1.54) is 176 Å². The van der Waals surface area contributed by atoms with Crippen molar-refractivity contribution in [1.82, 2.24) is 16.5 Å². The van der Waals surface area contributed by atoms with Gasteiger partial charge in [0.2, 0.25) is 0 Å². The van der Waals surface area contributed by atoms with Gasteiger partial charge in [0, 0.05) is 60.2 Å². The van der Waals surface area contributed by atoms with Gasteiger partial charge in [-0.15, -0.1) is 0 Å². The van der Waals surface area contributed by atoms with E-state index in [2.05, 4.69) is 373 Å². The number of halogens is 1. The van der Waals surface area contributed by atoms with Crippen LogP contribution in [-0.4, -0.2) is 16.5 Å². The zero-order valence-corrected chi connectivity index (χ0v) is 53.6. The van der Waals surface area contributed by atoms with Crippen LogP contribution < -0.4 is 0 Å². The van der Waals surface area contributed by atoms with Crippen molar-refractivity contribution < 1.29 is 0 Å². The van der Waals surface area contributed by atoms with Crippen molar-refractivity contribution >= 4 is 110 Å². The average molecular weight is 1320 g/mol. The molecule has 0 atom stereocenters. The summed E-state index contributed by atoms with van der Waals surface area (Å²) in [4.78, 5) is 0. The number of hydrogen-bond acceptors (Lipinski definition) is 0. The maximum Gasteiger partial charge on any atom is 0.0646 e. The molecular weight excluding hydrogens is 1260 g/mol. The summed E-state index contributed by atoms with van der Waals surface area (Å²) in [5.74, 6) is 0. The predicted molar refractivity (Wildman–Crippen MR) is 409 cm³/mol. The Labute approximate surface area is 562 Å². The van der Waals surface area contributed by atoms with E-state index in [1.54, 1.807) is 0 Å². The molecule has 19 aromatic rings. The standard InChI is InChI=1S/C90H55IN4/c91-95-89-46-38-70-54-81(89)82-55-71(39-47-90(82)95)63-30-26-61(27-31-63)69-37-45-88-80(53-69)78-51-67(35-43-86(78)94(88)74-14-8-3-9-15-74)59-22-18-57(19-23-59)65-33-41-84-76(49-65)75-48-64(32-40-83(75)92(84)72-10-4-1-5-11-72)56-16-20-58(21-17-56)66-34-42-85-77(50-66)79-52-68(60-24-28-62(70)29-25-60)36-44-87(79)93(85)73-12-6-2-7-13-73/h1-55H. The molecule has 15 aromatic carbocycles. The fraction of sp³-hybridized carbons (Fsp3) is 0. The van der Waals surface area contributed by atoms with E-state index in [1.807, 2.05) is 0 Å². The van der Waals surface area contributed by atoms with Crippen molar-refractivity contribution in [2.24, 2.45) is 0 Å². The highest BCUT2D eigenvalue weighted by Gasteiger charge is 2.21. The lowest BCUT2D eigenvalue weighted by molar-refractivity contribution is 1.18. The quantitative estimate of drug-likeness (QED) is 0.157. The fourth-order valence-electron chi connectivity index (χ4n) is 15.5. The molecule has 0 saturated heterocycles. The van der Waals surface area contributed by atoms with Crippen LogP contribution in [0.25, 0.3) is 193 Å². The largest absolute Gasteiger partial charge is 0.309 e. The second kappa shape index (κ2) is 21.1. The Bertz CT molecular complexity index is 5960. The average Bonchev–Trinajstić information content (AvgIpc) is 1.62. The van der Waals surface area contributed by atoms with E-state index < -0.39 is 0 Å². The van der Waals surface area contributed by atoms with Gasteiger partial charge in [0.1, 0.15) is 0 Å². The van der Waals surface area contributed by atoms with Crippen molar-refractivity contribution in [2.45, 2.75) is 0 Å².